The fourth-order valence-corrected chi connectivity index (χ4v) is 3.75. The topological polar surface area (TPSA) is 49.2 Å². The molecule has 2 aromatic rings. The quantitative estimate of drug-likeness (QED) is 0.881. The first-order valence-corrected chi connectivity index (χ1v) is 7.83. The molecule has 19 heavy (non-hydrogen) atoms. The van der Waals surface area contributed by atoms with Gasteiger partial charge in [0.1, 0.15) is 10.6 Å². The third-order valence-electron chi connectivity index (χ3n) is 3.62. The molecule has 0 amide bonds. The maximum Gasteiger partial charge on any atom is 0.225 e. The van der Waals surface area contributed by atoms with Gasteiger partial charge in [-0.3, -0.25) is 0 Å². The summed E-state index contributed by atoms with van der Waals surface area (Å²) in [6.07, 6.45) is 4.17. The van der Waals surface area contributed by atoms with Gasteiger partial charge in [0.15, 0.2) is 0 Å². The number of halogens is 1. The van der Waals surface area contributed by atoms with E-state index in [9.17, 15) is 0 Å². The second-order valence-electron chi connectivity index (χ2n) is 4.81. The van der Waals surface area contributed by atoms with Crippen molar-refractivity contribution in [3.63, 3.8) is 0 Å². The van der Waals surface area contributed by atoms with Crippen LogP contribution >= 0.6 is 22.9 Å². The monoisotopic (exact) mass is 297 g/mol. The number of hydrogen-bond acceptors (Lipinski definition) is 5. The van der Waals surface area contributed by atoms with Crippen LogP contribution in [-0.2, 0) is 0 Å². The van der Waals surface area contributed by atoms with Gasteiger partial charge in [-0.25, -0.2) is 4.98 Å². The number of hydrogen-bond donors (Lipinski definition) is 1. The van der Waals surface area contributed by atoms with Crippen LogP contribution in [0.15, 0.2) is 11.4 Å². The molecule has 3 heterocycles. The standard InChI is InChI=1S/C13H16ClN3OS/c14-13-15-11(10-5-8-19-12(10)16-13)17-6-1-3-9(17)4-2-7-18/h5,8-9,18H,1-4,6-7H2. The lowest BCUT2D eigenvalue weighted by Gasteiger charge is -2.26. The molecule has 3 rings (SSSR count). The third-order valence-corrected chi connectivity index (χ3v) is 4.60. The summed E-state index contributed by atoms with van der Waals surface area (Å²) >= 11 is 7.62. The summed E-state index contributed by atoms with van der Waals surface area (Å²) in [5.41, 5.74) is 0. The van der Waals surface area contributed by atoms with Crippen LogP contribution in [0.4, 0.5) is 5.82 Å². The molecular formula is C13H16ClN3OS. The van der Waals surface area contributed by atoms with E-state index in [-0.39, 0.29) is 6.61 Å². The predicted octanol–water partition coefficient (Wildman–Crippen LogP) is 3.09. The molecule has 4 nitrogen and oxygen atoms in total. The molecule has 0 spiro atoms. The van der Waals surface area contributed by atoms with Crippen LogP contribution in [0.2, 0.25) is 5.28 Å². The van der Waals surface area contributed by atoms with Crippen molar-refractivity contribution in [2.45, 2.75) is 31.7 Å². The van der Waals surface area contributed by atoms with Crippen LogP contribution in [0.5, 0.6) is 0 Å². The minimum Gasteiger partial charge on any atom is -0.396 e. The highest BCUT2D eigenvalue weighted by molar-refractivity contribution is 7.16. The lowest BCUT2D eigenvalue weighted by molar-refractivity contribution is 0.279. The Morgan fingerprint density at radius 3 is 3.21 bits per heavy atom. The third kappa shape index (κ3) is 2.55. The summed E-state index contributed by atoms with van der Waals surface area (Å²) in [4.78, 5) is 12.0. The normalized spacial score (nSPS) is 19.5. The zero-order valence-electron chi connectivity index (χ0n) is 10.5. The maximum absolute atomic E-state index is 9.00. The number of nitrogens with zero attached hydrogens (tertiary/aromatic N) is 3. The van der Waals surface area contributed by atoms with E-state index in [4.69, 9.17) is 16.7 Å². The van der Waals surface area contributed by atoms with Gasteiger partial charge in [-0.15, -0.1) is 11.3 Å². The van der Waals surface area contributed by atoms with E-state index >= 15 is 0 Å². The summed E-state index contributed by atoms with van der Waals surface area (Å²) in [6, 6.07) is 2.52. The van der Waals surface area contributed by atoms with Crippen molar-refractivity contribution in [3.8, 4) is 0 Å². The highest BCUT2D eigenvalue weighted by Crippen LogP contribution is 2.34. The Labute approximate surface area is 121 Å². The van der Waals surface area contributed by atoms with Gasteiger partial charge >= 0.3 is 0 Å². The fourth-order valence-electron chi connectivity index (χ4n) is 2.77. The first-order valence-electron chi connectivity index (χ1n) is 6.58. The van der Waals surface area contributed by atoms with E-state index < -0.39 is 0 Å². The smallest absolute Gasteiger partial charge is 0.225 e. The van der Waals surface area contributed by atoms with Crippen molar-refractivity contribution in [3.05, 3.63) is 16.7 Å². The highest BCUT2D eigenvalue weighted by Gasteiger charge is 2.27. The van der Waals surface area contributed by atoms with E-state index in [0.29, 0.717) is 11.3 Å². The average molecular weight is 298 g/mol. The molecule has 0 saturated carbocycles. The van der Waals surface area contributed by atoms with Crippen LogP contribution < -0.4 is 4.90 Å². The number of aromatic nitrogens is 2. The van der Waals surface area contributed by atoms with Gasteiger partial charge in [0.25, 0.3) is 0 Å². The largest absolute Gasteiger partial charge is 0.396 e. The number of anilines is 1. The molecule has 1 aliphatic heterocycles. The van der Waals surface area contributed by atoms with E-state index in [0.717, 1.165) is 41.8 Å². The second-order valence-corrected chi connectivity index (χ2v) is 6.04. The van der Waals surface area contributed by atoms with E-state index in [2.05, 4.69) is 20.9 Å². The summed E-state index contributed by atoms with van der Waals surface area (Å²) in [6.45, 7) is 1.26. The van der Waals surface area contributed by atoms with Gasteiger partial charge in [0.2, 0.25) is 5.28 Å². The highest BCUT2D eigenvalue weighted by atomic mass is 35.5. The number of aliphatic hydroxyl groups excluding tert-OH is 1. The van der Waals surface area contributed by atoms with E-state index in [1.165, 1.54) is 6.42 Å². The first kappa shape index (κ1) is 13.1. The van der Waals surface area contributed by atoms with Gasteiger partial charge in [0.05, 0.1) is 5.39 Å². The van der Waals surface area contributed by atoms with Crippen LogP contribution in [0.1, 0.15) is 25.7 Å². The lowest BCUT2D eigenvalue weighted by atomic mass is 10.1. The molecule has 0 aliphatic carbocycles. The van der Waals surface area contributed by atoms with E-state index in [1.54, 1.807) is 11.3 Å². The molecule has 1 fully saturated rings. The summed E-state index contributed by atoms with van der Waals surface area (Å²) in [7, 11) is 0. The van der Waals surface area contributed by atoms with Crippen molar-refractivity contribution in [1.29, 1.82) is 0 Å². The fraction of sp³-hybridized carbons (Fsp3) is 0.538. The van der Waals surface area contributed by atoms with Gasteiger partial charge in [-0.2, -0.15) is 4.98 Å². The van der Waals surface area contributed by atoms with Crippen molar-refractivity contribution in [1.82, 2.24) is 9.97 Å². The van der Waals surface area contributed by atoms with Gasteiger partial charge in [-0.1, -0.05) is 0 Å². The van der Waals surface area contributed by atoms with Crippen LogP contribution in [-0.4, -0.2) is 34.3 Å². The lowest BCUT2D eigenvalue weighted by Crippen LogP contribution is -2.30. The Balaban J connectivity index is 1.96. The maximum atomic E-state index is 9.00. The van der Waals surface area contributed by atoms with Gasteiger partial charge in [-0.05, 0) is 48.7 Å². The summed E-state index contributed by atoms with van der Waals surface area (Å²) < 4.78 is 0. The summed E-state index contributed by atoms with van der Waals surface area (Å²) in [5, 5.41) is 12.4. The Hall–Kier alpha value is -0.910. The SMILES string of the molecule is OCCCC1CCCN1c1nc(Cl)nc2sccc12. The molecule has 1 atom stereocenters. The minimum absolute atomic E-state index is 0.253. The van der Waals surface area contributed by atoms with Crippen molar-refractivity contribution >= 4 is 39.0 Å². The molecule has 1 N–H and O–H groups in total. The van der Waals surface area contributed by atoms with Crippen LogP contribution in [0.3, 0.4) is 0 Å². The zero-order valence-corrected chi connectivity index (χ0v) is 12.1. The number of thiophene rings is 1. The summed E-state index contributed by atoms with van der Waals surface area (Å²) in [5.74, 6) is 0.955. The molecule has 1 aliphatic rings. The molecule has 1 unspecified atom stereocenters. The first-order chi connectivity index (χ1) is 9.29. The molecular weight excluding hydrogens is 282 g/mol. The Bertz CT molecular complexity index is 574. The Kier molecular flexibility index (Phi) is 3.86. The van der Waals surface area contributed by atoms with Crippen LogP contribution in [0, 0.1) is 0 Å². The average Bonchev–Trinajstić information content (AvgIpc) is 3.03. The van der Waals surface area contributed by atoms with Crippen molar-refractivity contribution in [2.75, 3.05) is 18.1 Å². The van der Waals surface area contributed by atoms with Crippen molar-refractivity contribution in [2.24, 2.45) is 0 Å². The molecule has 6 heteroatoms. The molecule has 1 saturated heterocycles. The van der Waals surface area contributed by atoms with Crippen LogP contribution in [0.25, 0.3) is 10.2 Å². The molecule has 0 radical (unpaired) electrons. The van der Waals surface area contributed by atoms with E-state index in [1.807, 2.05) is 5.38 Å². The minimum atomic E-state index is 0.253. The van der Waals surface area contributed by atoms with Gasteiger partial charge in [0, 0.05) is 19.2 Å². The molecule has 102 valence electrons. The molecule has 2 aromatic heterocycles. The number of fused-ring (bicyclic) bond motifs is 1. The molecule has 0 aromatic carbocycles. The van der Waals surface area contributed by atoms with Gasteiger partial charge < -0.3 is 10.0 Å². The predicted molar refractivity (Wildman–Crippen MR) is 79.1 cm³/mol. The zero-order chi connectivity index (χ0) is 13.2. The second kappa shape index (κ2) is 5.61. The molecule has 0 bridgehead atoms. The van der Waals surface area contributed by atoms with Crippen molar-refractivity contribution < 1.29 is 5.11 Å². The number of aliphatic hydroxyl groups is 1. The Morgan fingerprint density at radius 1 is 1.47 bits per heavy atom. The Morgan fingerprint density at radius 2 is 2.37 bits per heavy atom. The number of rotatable bonds is 4.